The van der Waals surface area contributed by atoms with E-state index in [4.69, 9.17) is 4.74 Å². The first-order valence-electron chi connectivity index (χ1n) is 12.9. The summed E-state index contributed by atoms with van der Waals surface area (Å²) in [6, 6.07) is 21.6. The third kappa shape index (κ3) is 6.40. The number of piperidine rings is 1. The van der Waals surface area contributed by atoms with Crippen LogP contribution in [0.4, 0.5) is 10.1 Å². The third-order valence-corrected chi connectivity index (χ3v) is 8.37. The highest BCUT2D eigenvalue weighted by atomic mass is 32.2. The van der Waals surface area contributed by atoms with E-state index in [2.05, 4.69) is 10.2 Å². The van der Waals surface area contributed by atoms with E-state index in [-0.39, 0.29) is 28.7 Å². The van der Waals surface area contributed by atoms with E-state index >= 15 is 0 Å². The molecule has 3 aromatic rings. The molecule has 2 aliphatic heterocycles. The molecule has 2 heterocycles. The van der Waals surface area contributed by atoms with Gasteiger partial charge in [-0.25, -0.2) is 4.39 Å². The molecule has 1 saturated heterocycles. The van der Waals surface area contributed by atoms with Gasteiger partial charge in [-0.2, -0.15) is 0 Å². The molecule has 3 aromatic carbocycles. The monoisotopic (exact) mass is 518 g/mol. The zero-order valence-electron chi connectivity index (χ0n) is 20.7. The fourth-order valence-electron chi connectivity index (χ4n) is 4.91. The number of carbonyl (C=O) groups excluding carboxylic acids is 2. The fourth-order valence-corrected chi connectivity index (χ4v) is 6.02. The Hall–Kier alpha value is -3.16. The van der Waals surface area contributed by atoms with Gasteiger partial charge < -0.3 is 15.0 Å². The number of hydrogen-bond acceptors (Lipinski definition) is 5. The Labute approximate surface area is 221 Å². The number of ketones is 1. The van der Waals surface area contributed by atoms with Crippen LogP contribution >= 0.6 is 11.8 Å². The van der Waals surface area contributed by atoms with Crippen molar-refractivity contribution in [2.75, 3.05) is 31.6 Å². The van der Waals surface area contributed by atoms with Crippen LogP contribution in [0, 0.1) is 11.7 Å². The molecule has 0 aliphatic carbocycles. The number of hydrogen-bond donors (Lipinski definition) is 1. The van der Waals surface area contributed by atoms with Crippen molar-refractivity contribution in [1.29, 1.82) is 0 Å². The van der Waals surface area contributed by atoms with Crippen LogP contribution in [-0.4, -0.2) is 42.8 Å². The van der Waals surface area contributed by atoms with Gasteiger partial charge >= 0.3 is 0 Å². The molecule has 37 heavy (non-hydrogen) atoms. The molecule has 5 rings (SSSR count). The van der Waals surface area contributed by atoms with Crippen LogP contribution in [0.1, 0.15) is 46.9 Å². The molecule has 7 heteroatoms. The van der Waals surface area contributed by atoms with Crippen molar-refractivity contribution in [3.05, 3.63) is 89.7 Å². The average Bonchev–Trinajstić information content (AvgIpc) is 2.93. The molecule has 5 nitrogen and oxygen atoms in total. The van der Waals surface area contributed by atoms with Crippen molar-refractivity contribution < 1.29 is 18.7 Å². The van der Waals surface area contributed by atoms with Gasteiger partial charge in [-0.3, -0.25) is 9.59 Å². The van der Waals surface area contributed by atoms with Gasteiger partial charge in [0.05, 0.1) is 12.3 Å². The summed E-state index contributed by atoms with van der Waals surface area (Å²) in [7, 11) is 0. The lowest BCUT2D eigenvalue weighted by Gasteiger charge is -2.31. The Morgan fingerprint density at radius 2 is 1.70 bits per heavy atom. The van der Waals surface area contributed by atoms with E-state index in [0.717, 1.165) is 67.2 Å². The number of halogens is 1. The van der Waals surface area contributed by atoms with Gasteiger partial charge in [0, 0.05) is 16.4 Å². The summed E-state index contributed by atoms with van der Waals surface area (Å²) in [5.41, 5.74) is 2.44. The molecule has 2 aliphatic rings. The predicted octanol–water partition coefficient (Wildman–Crippen LogP) is 6.37. The molecule has 0 aromatic heterocycles. The number of amides is 1. The van der Waals surface area contributed by atoms with Gasteiger partial charge in [0.2, 0.25) is 5.91 Å². The quantitative estimate of drug-likeness (QED) is 0.264. The molecule has 1 amide bonds. The van der Waals surface area contributed by atoms with Crippen LogP contribution < -0.4 is 10.1 Å². The first-order chi connectivity index (χ1) is 18.1. The number of ether oxygens (including phenoxy) is 1. The van der Waals surface area contributed by atoms with E-state index < -0.39 is 0 Å². The normalized spacial score (nSPS) is 18.2. The maximum Gasteiger partial charge on any atom is 0.242 e. The number of nitrogens with zero attached hydrogens (tertiary/aromatic N) is 1. The minimum atomic E-state index is -0.313. The number of fused-ring (bicyclic) bond motifs is 1. The predicted molar refractivity (Wildman–Crippen MR) is 145 cm³/mol. The summed E-state index contributed by atoms with van der Waals surface area (Å²) in [5.74, 6) is 0.658. The molecule has 192 valence electrons. The summed E-state index contributed by atoms with van der Waals surface area (Å²) >= 11 is 1.57. The molecule has 0 saturated carbocycles. The molecule has 1 N–H and O–H groups in total. The second-order valence-electron chi connectivity index (χ2n) is 9.59. The highest BCUT2D eigenvalue weighted by Crippen LogP contribution is 2.43. The molecule has 0 radical (unpaired) electrons. The van der Waals surface area contributed by atoms with E-state index in [1.807, 2.05) is 48.5 Å². The summed E-state index contributed by atoms with van der Waals surface area (Å²) in [6.07, 6.45) is 3.69. The highest BCUT2D eigenvalue weighted by molar-refractivity contribution is 8.00. The largest absolute Gasteiger partial charge is 0.494 e. The molecule has 1 unspecified atom stereocenters. The number of benzene rings is 3. The van der Waals surface area contributed by atoms with E-state index in [1.165, 1.54) is 12.1 Å². The maximum absolute atomic E-state index is 13.1. The van der Waals surface area contributed by atoms with Gasteiger partial charge in [-0.15, -0.1) is 11.8 Å². The molecule has 0 spiro atoms. The first kappa shape index (κ1) is 25.5. The van der Waals surface area contributed by atoms with Crippen molar-refractivity contribution in [2.45, 2.75) is 35.8 Å². The Morgan fingerprint density at radius 3 is 2.46 bits per heavy atom. The lowest BCUT2D eigenvalue weighted by molar-refractivity contribution is -0.115. The average molecular weight is 519 g/mol. The summed E-state index contributed by atoms with van der Waals surface area (Å²) in [6.45, 7) is 3.47. The van der Waals surface area contributed by atoms with E-state index in [0.29, 0.717) is 12.2 Å². The minimum absolute atomic E-state index is 0.00113. The van der Waals surface area contributed by atoms with Gasteiger partial charge in [0.1, 0.15) is 16.8 Å². The Kier molecular flexibility index (Phi) is 8.21. The standard InChI is InChI=1S/C30H31FN2O3S/c31-24-11-7-21(8-12-24)28(34)22-15-18-33(19-16-22)17-3-4-20-36-25-13-9-23(10-14-25)29-30(35)32-26-5-1-2-6-27(26)37-29/h1-2,5-14,22,29H,3-4,15-20H2,(H,32,35). The number of rotatable bonds is 9. The second-order valence-corrected chi connectivity index (χ2v) is 10.7. The summed E-state index contributed by atoms with van der Waals surface area (Å²) in [5, 5.41) is 2.73. The van der Waals surface area contributed by atoms with E-state index in [1.54, 1.807) is 23.9 Å². The number of carbonyl (C=O) groups is 2. The van der Waals surface area contributed by atoms with Crippen molar-refractivity contribution in [3.63, 3.8) is 0 Å². The number of Topliss-reactive ketones (excluding diaryl/α,β-unsaturated/α-hetero) is 1. The lowest BCUT2D eigenvalue weighted by Crippen LogP contribution is -2.37. The SMILES string of the molecule is O=C(c1ccc(F)cc1)C1CCN(CCCCOc2ccc(C3Sc4ccccc4NC3=O)cc2)CC1. The van der Waals surface area contributed by atoms with E-state index in [9.17, 15) is 14.0 Å². The Balaban J connectivity index is 1.00. The van der Waals surface area contributed by atoms with Crippen LogP contribution in [0.2, 0.25) is 0 Å². The van der Waals surface area contributed by atoms with Crippen molar-refractivity contribution in [1.82, 2.24) is 4.90 Å². The molecule has 1 atom stereocenters. The molecular formula is C30H31FN2O3S. The first-order valence-corrected chi connectivity index (χ1v) is 13.8. The molecule has 0 bridgehead atoms. The van der Waals surface area contributed by atoms with Crippen LogP contribution in [0.15, 0.2) is 77.7 Å². The number of unbranched alkanes of at least 4 members (excludes halogenated alkanes) is 1. The van der Waals surface area contributed by atoms with Crippen molar-refractivity contribution >= 4 is 29.1 Å². The number of likely N-dealkylation sites (tertiary alicyclic amines) is 1. The maximum atomic E-state index is 13.1. The Bertz CT molecular complexity index is 1220. The van der Waals surface area contributed by atoms with Crippen LogP contribution in [0.3, 0.4) is 0 Å². The summed E-state index contributed by atoms with van der Waals surface area (Å²) < 4.78 is 19.0. The van der Waals surface area contributed by atoms with Gasteiger partial charge in [-0.05, 0) is 99.4 Å². The number of thioether (sulfide) groups is 1. The smallest absolute Gasteiger partial charge is 0.242 e. The third-order valence-electron chi connectivity index (χ3n) is 7.04. The van der Waals surface area contributed by atoms with Gasteiger partial charge in [0.15, 0.2) is 5.78 Å². The second kappa shape index (κ2) is 11.9. The number of anilines is 1. The topological polar surface area (TPSA) is 58.6 Å². The van der Waals surface area contributed by atoms with Gasteiger partial charge in [-0.1, -0.05) is 24.3 Å². The lowest BCUT2D eigenvalue weighted by atomic mass is 9.89. The van der Waals surface area contributed by atoms with Crippen molar-refractivity contribution in [3.8, 4) is 5.75 Å². The zero-order valence-corrected chi connectivity index (χ0v) is 21.5. The van der Waals surface area contributed by atoms with Crippen molar-refractivity contribution in [2.24, 2.45) is 5.92 Å². The van der Waals surface area contributed by atoms with Crippen LogP contribution in [-0.2, 0) is 4.79 Å². The van der Waals surface area contributed by atoms with Gasteiger partial charge in [0.25, 0.3) is 0 Å². The number of para-hydroxylation sites is 1. The molecular weight excluding hydrogens is 487 g/mol. The molecule has 1 fully saturated rings. The fraction of sp³-hybridized carbons (Fsp3) is 0.333. The zero-order chi connectivity index (χ0) is 25.6. The minimum Gasteiger partial charge on any atom is -0.494 e. The summed E-state index contributed by atoms with van der Waals surface area (Å²) in [4.78, 5) is 28.7. The Morgan fingerprint density at radius 1 is 0.973 bits per heavy atom. The number of nitrogens with one attached hydrogen (secondary N) is 1. The van der Waals surface area contributed by atoms with Crippen LogP contribution in [0.5, 0.6) is 5.75 Å². The van der Waals surface area contributed by atoms with Crippen LogP contribution in [0.25, 0.3) is 0 Å². The highest BCUT2D eigenvalue weighted by Gasteiger charge is 2.28.